The van der Waals surface area contributed by atoms with Gasteiger partial charge in [-0.25, -0.2) is 0 Å². The van der Waals surface area contributed by atoms with Crippen molar-refractivity contribution in [3.8, 4) is 0 Å². The van der Waals surface area contributed by atoms with Crippen LogP contribution in [-0.2, 0) is 9.47 Å². The standard InChI is InChI=1S/C5H9F3O.C5H13NO2/c1-4(2)3-9-5(6,7)8;1-5(2,7)3-8-4-6/h4H,3H2,1-2H3;7H,3-4,6H2,1-2H3. The summed E-state index contributed by atoms with van der Waals surface area (Å²) >= 11 is 0. The van der Waals surface area contributed by atoms with Crippen molar-refractivity contribution in [1.82, 2.24) is 0 Å². The minimum Gasteiger partial charge on any atom is -0.388 e. The number of ether oxygens (including phenoxy) is 2. The van der Waals surface area contributed by atoms with Crippen LogP contribution < -0.4 is 5.73 Å². The van der Waals surface area contributed by atoms with Crippen LogP contribution in [0.3, 0.4) is 0 Å². The van der Waals surface area contributed by atoms with Gasteiger partial charge in [0.25, 0.3) is 0 Å². The van der Waals surface area contributed by atoms with Crippen molar-refractivity contribution in [3.63, 3.8) is 0 Å². The Bertz CT molecular complexity index is 179. The van der Waals surface area contributed by atoms with E-state index in [1.54, 1.807) is 27.7 Å². The van der Waals surface area contributed by atoms with Gasteiger partial charge in [0.05, 0.1) is 25.5 Å². The maximum Gasteiger partial charge on any atom is 0.522 e. The number of alkyl halides is 3. The monoisotopic (exact) mass is 261 g/mol. The van der Waals surface area contributed by atoms with E-state index < -0.39 is 12.0 Å². The van der Waals surface area contributed by atoms with Gasteiger partial charge >= 0.3 is 6.36 Å². The Morgan fingerprint density at radius 1 is 1.24 bits per heavy atom. The summed E-state index contributed by atoms with van der Waals surface area (Å²) in [5, 5.41) is 8.97. The van der Waals surface area contributed by atoms with Crippen LogP contribution in [0.5, 0.6) is 0 Å². The fourth-order valence-electron chi connectivity index (χ4n) is 0.570. The Morgan fingerprint density at radius 3 is 1.82 bits per heavy atom. The summed E-state index contributed by atoms with van der Waals surface area (Å²) in [6.45, 7) is 6.86. The molecule has 4 nitrogen and oxygen atoms in total. The fourth-order valence-corrected chi connectivity index (χ4v) is 0.570. The number of hydrogen-bond donors (Lipinski definition) is 2. The average Bonchev–Trinajstić information content (AvgIpc) is 2.10. The molecule has 0 bridgehead atoms. The number of hydrogen-bond acceptors (Lipinski definition) is 4. The van der Waals surface area contributed by atoms with Gasteiger partial charge in [0.15, 0.2) is 0 Å². The molecule has 0 aromatic rings. The number of nitrogens with two attached hydrogens (primary N) is 1. The van der Waals surface area contributed by atoms with Crippen molar-refractivity contribution in [2.45, 2.75) is 39.7 Å². The van der Waals surface area contributed by atoms with Crippen molar-refractivity contribution in [3.05, 3.63) is 0 Å². The average molecular weight is 261 g/mol. The van der Waals surface area contributed by atoms with Gasteiger partial charge in [-0.3, -0.25) is 4.74 Å². The van der Waals surface area contributed by atoms with Crippen LogP contribution in [0.25, 0.3) is 0 Å². The molecule has 0 saturated carbocycles. The van der Waals surface area contributed by atoms with Crippen molar-refractivity contribution < 1.29 is 27.8 Å². The zero-order chi connectivity index (χ0) is 14.1. The molecule has 0 unspecified atom stereocenters. The second-order valence-electron chi connectivity index (χ2n) is 4.48. The highest BCUT2D eigenvalue weighted by Crippen LogP contribution is 2.16. The number of halogens is 3. The van der Waals surface area contributed by atoms with Gasteiger partial charge < -0.3 is 15.6 Å². The molecule has 17 heavy (non-hydrogen) atoms. The van der Waals surface area contributed by atoms with Crippen molar-refractivity contribution in [1.29, 1.82) is 0 Å². The third kappa shape index (κ3) is 25.7. The molecule has 0 radical (unpaired) electrons. The third-order valence-electron chi connectivity index (χ3n) is 1.15. The summed E-state index contributed by atoms with van der Waals surface area (Å²) in [7, 11) is 0. The van der Waals surface area contributed by atoms with E-state index >= 15 is 0 Å². The summed E-state index contributed by atoms with van der Waals surface area (Å²) < 4.78 is 41.8. The lowest BCUT2D eigenvalue weighted by molar-refractivity contribution is -0.327. The fraction of sp³-hybridized carbons (Fsp3) is 1.00. The van der Waals surface area contributed by atoms with Gasteiger partial charge in [0.1, 0.15) is 0 Å². The first-order chi connectivity index (χ1) is 7.48. The summed E-state index contributed by atoms with van der Waals surface area (Å²) in [6.07, 6.45) is -4.47. The molecule has 3 N–H and O–H groups in total. The lowest BCUT2D eigenvalue weighted by Gasteiger charge is -2.15. The predicted octanol–water partition coefficient (Wildman–Crippen LogP) is 1.87. The molecule has 0 amide bonds. The topological polar surface area (TPSA) is 64.7 Å². The van der Waals surface area contributed by atoms with Gasteiger partial charge in [0, 0.05) is 0 Å². The molecule has 0 saturated heterocycles. The smallest absolute Gasteiger partial charge is 0.388 e. The van der Waals surface area contributed by atoms with E-state index in [-0.39, 0.29) is 19.3 Å². The molecule has 0 aliphatic carbocycles. The number of aliphatic hydroxyl groups is 1. The quantitative estimate of drug-likeness (QED) is 0.741. The SMILES string of the molecule is CC(C)(O)COCN.CC(C)COC(F)(F)F. The first-order valence-corrected chi connectivity index (χ1v) is 5.19. The molecule has 0 fully saturated rings. The molecular formula is C10H22F3NO3. The summed E-state index contributed by atoms with van der Waals surface area (Å²) in [5.74, 6) is -0.0772. The van der Waals surface area contributed by atoms with Gasteiger partial charge in [-0.15, -0.1) is 13.2 Å². The van der Waals surface area contributed by atoms with Crippen LogP contribution >= 0.6 is 0 Å². The van der Waals surface area contributed by atoms with E-state index in [9.17, 15) is 13.2 Å². The first kappa shape index (κ1) is 19.0. The van der Waals surface area contributed by atoms with Crippen LogP contribution in [0.4, 0.5) is 13.2 Å². The largest absolute Gasteiger partial charge is 0.522 e. The highest BCUT2D eigenvalue weighted by atomic mass is 19.4. The molecule has 0 aromatic carbocycles. The Balaban J connectivity index is 0. The molecule has 0 spiro atoms. The number of rotatable bonds is 5. The Hall–Kier alpha value is -0.370. The van der Waals surface area contributed by atoms with Gasteiger partial charge in [0.2, 0.25) is 0 Å². The van der Waals surface area contributed by atoms with Crippen molar-refractivity contribution in [2.24, 2.45) is 11.7 Å². The van der Waals surface area contributed by atoms with Crippen LogP contribution in [0.2, 0.25) is 0 Å². The maximum absolute atomic E-state index is 11.2. The zero-order valence-electron chi connectivity index (χ0n) is 10.7. The van der Waals surface area contributed by atoms with Crippen molar-refractivity contribution >= 4 is 0 Å². The van der Waals surface area contributed by atoms with Crippen LogP contribution in [0.15, 0.2) is 0 Å². The summed E-state index contributed by atoms with van der Waals surface area (Å²) in [5.41, 5.74) is 4.25. The van der Waals surface area contributed by atoms with Crippen molar-refractivity contribution in [2.75, 3.05) is 19.9 Å². The normalized spacial score (nSPS) is 12.4. The molecule has 0 heterocycles. The van der Waals surface area contributed by atoms with E-state index in [1.807, 2.05) is 0 Å². The molecule has 106 valence electrons. The van der Waals surface area contributed by atoms with E-state index in [0.717, 1.165) is 0 Å². The maximum atomic E-state index is 11.2. The molecule has 0 aromatic heterocycles. The van der Waals surface area contributed by atoms with Gasteiger partial charge in [-0.05, 0) is 19.8 Å². The summed E-state index contributed by atoms with van der Waals surface area (Å²) in [4.78, 5) is 0. The van der Waals surface area contributed by atoms with Crippen LogP contribution in [0.1, 0.15) is 27.7 Å². The summed E-state index contributed by atoms with van der Waals surface area (Å²) in [6, 6.07) is 0. The van der Waals surface area contributed by atoms with Gasteiger partial charge in [-0.1, -0.05) is 13.8 Å². The van der Waals surface area contributed by atoms with E-state index in [1.165, 1.54) is 0 Å². The van der Waals surface area contributed by atoms with Crippen LogP contribution in [0, 0.1) is 5.92 Å². The Morgan fingerprint density at radius 2 is 1.71 bits per heavy atom. The second-order valence-corrected chi connectivity index (χ2v) is 4.48. The molecule has 0 aliphatic heterocycles. The molecule has 7 heteroatoms. The highest BCUT2D eigenvalue weighted by molar-refractivity contribution is 4.61. The molecule has 0 rings (SSSR count). The third-order valence-corrected chi connectivity index (χ3v) is 1.15. The molecule has 0 atom stereocenters. The zero-order valence-corrected chi connectivity index (χ0v) is 10.7. The first-order valence-electron chi connectivity index (χ1n) is 5.19. The minimum atomic E-state index is -4.47. The highest BCUT2D eigenvalue weighted by Gasteiger charge is 2.28. The van der Waals surface area contributed by atoms with Gasteiger partial charge in [-0.2, -0.15) is 0 Å². The lowest BCUT2D eigenvalue weighted by Crippen LogP contribution is -2.27. The Labute approximate surface area is 99.9 Å². The second kappa shape index (κ2) is 8.68. The minimum absolute atomic E-state index is 0.0772. The molecular weight excluding hydrogens is 239 g/mol. The van der Waals surface area contributed by atoms with Crippen LogP contribution in [-0.4, -0.2) is 37.0 Å². The van der Waals surface area contributed by atoms with E-state index in [2.05, 4.69) is 4.74 Å². The molecule has 0 aliphatic rings. The Kier molecular flexibility index (Phi) is 9.69. The lowest BCUT2D eigenvalue weighted by atomic mass is 10.2. The van der Waals surface area contributed by atoms with E-state index in [0.29, 0.717) is 6.61 Å². The van der Waals surface area contributed by atoms with E-state index in [4.69, 9.17) is 15.6 Å². The predicted molar refractivity (Wildman–Crippen MR) is 58.1 cm³/mol.